The lowest BCUT2D eigenvalue weighted by Gasteiger charge is -2.36. The van der Waals surface area contributed by atoms with Gasteiger partial charge in [0, 0.05) is 12.6 Å². The number of ether oxygens (including phenoxy) is 3. The third-order valence-corrected chi connectivity index (χ3v) is 5.53. The third kappa shape index (κ3) is 6.50. The average molecular weight is 424 g/mol. The molecule has 0 radical (unpaired) electrons. The summed E-state index contributed by atoms with van der Waals surface area (Å²) in [6.07, 6.45) is 5.33. The highest BCUT2D eigenvalue weighted by Gasteiger charge is 2.26. The van der Waals surface area contributed by atoms with Gasteiger partial charge in [0.25, 0.3) is 0 Å². The Morgan fingerprint density at radius 2 is 1.40 bits per heavy atom. The Labute approximate surface area is 177 Å². The van der Waals surface area contributed by atoms with E-state index in [0.29, 0.717) is 5.75 Å². The Balaban J connectivity index is 0.000000469. The van der Waals surface area contributed by atoms with Gasteiger partial charge in [-0.3, -0.25) is 4.90 Å². The molecule has 9 nitrogen and oxygen atoms in total. The van der Waals surface area contributed by atoms with Gasteiger partial charge in [0.1, 0.15) is 0 Å². The Bertz CT molecular complexity index is 674. The quantitative estimate of drug-likeness (QED) is 0.662. The second-order valence-electron chi connectivity index (χ2n) is 7.39. The van der Waals surface area contributed by atoms with Crippen molar-refractivity contribution in [2.75, 3.05) is 47.5 Å². The maximum absolute atomic E-state index is 9.10. The summed E-state index contributed by atoms with van der Waals surface area (Å²) in [6.45, 7) is 5.87. The molecule has 3 rings (SSSR count). The van der Waals surface area contributed by atoms with Crippen LogP contribution in [-0.4, -0.2) is 85.5 Å². The van der Waals surface area contributed by atoms with E-state index in [1.807, 2.05) is 0 Å². The van der Waals surface area contributed by atoms with E-state index in [1.165, 1.54) is 44.3 Å². The smallest absolute Gasteiger partial charge is 0.414 e. The number of methoxy groups -OCH3 is 3. The van der Waals surface area contributed by atoms with Crippen molar-refractivity contribution < 1.29 is 34.0 Å². The molecule has 9 heteroatoms. The van der Waals surface area contributed by atoms with Gasteiger partial charge in [-0.15, -0.1) is 0 Å². The van der Waals surface area contributed by atoms with Gasteiger partial charge in [-0.1, -0.05) is 0 Å². The molecule has 2 N–H and O–H groups in total. The number of carboxylic acids is 2. The van der Waals surface area contributed by atoms with E-state index in [9.17, 15) is 0 Å². The normalized spacial score (nSPS) is 17.7. The fourth-order valence-corrected chi connectivity index (χ4v) is 4.03. The van der Waals surface area contributed by atoms with Gasteiger partial charge in [-0.05, 0) is 69.6 Å². The maximum atomic E-state index is 9.10. The van der Waals surface area contributed by atoms with Crippen molar-refractivity contribution in [1.82, 2.24) is 9.80 Å². The summed E-state index contributed by atoms with van der Waals surface area (Å²) in [6, 6.07) is 4.92. The Morgan fingerprint density at radius 3 is 1.80 bits per heavy atom. The van der Waals surface area contributed by atoms with Crippen LogP contribution >= 0.6 is 0 Å². The van der Waals surface area contributed by atoms with Crippen LogP contribution in [0.5, 0.6) is 17.2 Å². The van der Waals surface area contributed by atoms with Crippen LogP contribution in [0.25, 0.3) is 0 Å². The van der Waals surface area contributed by atoms with Crippen molar-refractivity contribution in [3.63, 3.8) is 0 Å². The largest absolute Gasteiger partial charge is 0.493 e. The highest BCUT2D eigenvalue weighted by Crippen LogP contribution is 2.38. The van der Waals surface area contributed by atoms with Crippen molar-refractivity contribution in [2.45, 2.75) is 38.3 Å². The molecule has 0 aromatic heterocycles. The van der Waals surface area contributed by atoms with Crippen molar-refractivity contribution in [2.24, 2.45) is 0 Å². The van der Waals surface area contributed by atoms with E-state index in [1.54, 1.807) is 21.3 Å². The fraction of sp³-hybridized carbons (Fsp3) is 0.619. The first-order valence-electron chi connectivity index (χ1n) is 10.1. The van der Waals surface area contributed by atoms with Gasteiger partial charge in [-0.25, -0.2) is 9.59 Å². The van der Waals surface area contributed by atoms with E-state index in [0.717, 1.165) is 37.2 Å². The summed E-state index contributed by atoms with van der Waals surface area (Å²) in [7, 11) is 4.98. The Kier molecular flexibility index (Phi) is 9.19. The second kappa shape index (κ2) is 11.6. The molecular formula is C21H32N2O7. The molecule has 2 saturated heterocycles. The molecule has 0 atom stereocenters. The zero-order valence-corrected chi connectivity index (χ0v) is 17.9. The molecule has 1 aromatic rings. The number of nitrogens with zero attached hydrogens (tertiary/aromatic N) is 2. The number of rotatable bonds is 6. The van der Waals surface area contributed by atoms with Crippen LogP contribution in [0.1, 0.15) is 31.2 Å². The number of piperidine rings is 1. The fourth-order valence-electron chi connectivity index (χ4n) is 4.03. The van der Waals surface area contributed by atoms with Crippen LogP contribution in [0.4, 0.5) is 0 Å². The van der Waals surface area contributed by atoms with Crippen LogP contribution in [0, 0.1) is 0 Å². The van der Waals surface area contributed by atoms with Crippen LogP contribution in [0.2, 0.25) is 0 Å². The van der Waals surface area contributed by atoms with Crippen molar-refractivity contribution in [3.05, 3.63) is 17.7 Å². The molecule has 0 aliphatic carbocycles. The molecular weight excluding hydrogens is 392 g/mol. The molecule has 2 heterocycles. The summed E-state index contributed by atoms with van der Waals surface area (Å²) in [5, 5.41) is 14.8. The van der Waals surface area contributed by atoms with Gasteiger partial charge in [0.15, 0.2) is 11.5 Å². The number of carbonyl (C=O) groups is 2. The van der Waals surface area contributed by atoms with Crippen LogP contribution in [0.3, 0.4) is 0 Å². The lowest BCUT2D eigenvalue weighted by Crippen LogP contribution is -2.43. The molecule has 2 aliphatic heterocycles. The van der Waals surface area contributed by atoms with Gasteiger partial charge >= 0.3 is 11.9 Å². The molecule has 1 aromatic carbocycles. The number of aliphatic carboxylic acids is 2. The predicted molar refractivity (Wildman–Crippen MR) is 110 cm³/mol. The minimum Gasteiger partial charge on any atom is -0.493 e. The maximum Gasteiger partial charge on any atom is 0.414 e. The first-order chi connectivity index (χ1) is 14.4. The zero-order valence-electron chi connectivity index (χ0n) is 17.9. The summed E-state index contributed by atoms with van der Waals surface area (Å²) in [5.74, 6) is -1.51. The second-order valence-corrected chi connectivity index (χ2v) is 7.39. The molecule has 0 saturated carbocycles. The summed E-state index contributed by atoms with van der Waals surface area (Å²) >= 11 is 0. The monoisotopic (exact) mass is 424 g/mol. The highest BCUT2D eigenvalue weighted by atomic mass is 16.5. The van der Waals surface area contributed by atoms with E-state index in [4.69, 9.17) is 34.0 Å². The Morgan fingerprint density at radius 1 is 0.900 bits per heavy atom. The minimum atomic E-state index is -1.82. The summed E-state index contributed by atoms with van der Waals surface area (Å²) < 4.78 is 16.3. The molecule has 30 heavy (non-hydrogen) atoms. The number of hydrogen-bond acceptors (Lipinski definition) is 7. The number of carboxylic acid groups (broad SMARTS) is 2. The topological polar surface area (TPSA) is 109 Å². The molecule has 2 fully saturated rings. The number of likely N-dealkylation sites (tertiary alicyclic amines) is 2. The van der Waals surface area contributed by atoms with Crippen molar-refractivity contribution >= 4 is 11.9 Å². The predicted octanol–water partition coefficient (Wildman–Crippen LogP) is 1.93. The van der Waals surface area contributed by atoms with E-state index >= 15 is 0 Å². The summed E-state index contributed by atoms with van der Waals surface area (Å²) in [5.41, 5.74) is 1.21. The average Bonchev–Trinajstić information content (AvgIpc) is 3.28. The minimum absolute atomic E-state index is 0.663. The van der Waals surface area contributed by atoms with Gasteiger partial charge in [-0.2, -0.15) is 0 Å². The molecule has 0 amide bonds. The van der Waals surface area contributed by atoms with Crippen LogP contribution in [-0.2, 0) is 16.1 Å². The standard InChI is InChI=1S/C19H30N2O3.C2H2O4/c1-22-17-12-15(13-18(23-2)19(17)24-3)14-20-10-6-16(7-11-20)21-8-4-5-9-21;3-1(4)2(5)6/h12-13,16H,4-11,14H2,1-3H3;(H,3,4)(H,5,6). The van der Waals surface area contributed by atoms with Gasteiger partial charge < -0.3 is 29.3 Å². The lowest BCUT2D eigenvalue weighted by atomic mass is 10.0. The zero-order chi connectivity index (χ0) is 22.1. The first kappa shape index (κ1) is 23.8. The van der Waals surface area contributed by atoms with Gasteiger partial charge in [0.05, 0.1) is 21.3 Å². The highest BCUT2D eigenvalue weighted by molar-refractivity contribution is 6.27. The molecule has 0 bridgehead atoms. The molecule has 0 unspecified atom stereocenters. The number of benzene rings is 1. The first-order valence-corrected chi connectivity index (χ1v) is 10.1. The Hall–Kier alpha value is -2.52. The summed E-state index contributed by atoms with van der Waals surface area (Å²) in [4.78, 5) is 23.4. The van der Waals surface area contributed by atoms with E-state index in [2.05, 4.69) is 21.9 Å². The lowest BCUT2D eigenvalue weighted by molar-refractivity contribution is -0.159. The van der Waals surface area contributed by atoms with E-state index in [-0.39, 0.29) is 0 Å². The molecule has 0 spiro atoms. The molecule has 168 valence electrons. The van der Waals surface area contributed by atoms with Crippen molar-refractivity contribution in [1.29, 1.82) is 0 Å². The van der Waals surface area contributed by atoms with Crippen LogP contribution in [0.15, 0.2) is 12.1 Å². The molecule has 2 aliphatic rings. The number of hydrogen-bond donors (Lipinski definition) is 2. The van der Waals surface area contributed by atoms with E-state index < -0.39 is 11.9 Å². The SMILES string of the molecule is COc1cc(CN2CCC(N3CCCC3)CC2)cc(OC)c1OC.O=C(O)C(=O)O. The third-order valence-electron chi connectivity index (χ3n) is 5.53. The van der Waals surface area contributed by atoms with Crippen molar-refractivity contribution in [3.8, 4) is 17.2 Å². The van der Waals surface area contributed by atoms with Gasteiger partial charge in [0.2, 0.25) is 5.75 Å². The van der Waals surface area contributed by atoms with Crippen LogP contribution < -0.4 is 14.2 Å².